The fraction of sp³-hybridized carbons (Fsp3) is 0.278. The normalized spacial score (nSPS) is 18.4. The third-order valence-electron chi connectivity index (χ3n) is 4.47. The molecule has 0 saturated carbocycles. The zero-order valence-corrected chi connectivity index (χ0v) is 13.8. The number of alkyl halides is 3. The Balaban J connectivity index is 2.21. The fourth-order valence-corrected chi connectivity index (χ4v) is 3.26. The van der Waals surface area contributed by atoms with Crippen LogP contribution in [0.15, 0.2) is 36.7 Å². The Morgan fingerprint density at radius 2 is 2.04 bits per heavy atom. The van der Waals surface area contributed by atoms with E-state index in [0.717, 1.165) is 23.3 Å². The molecule has 1 atom stereocenters. The highest BCUT2D eigenvalue weighted by Crippen LogP contribution is 2.42. The van der Waals surface area contributed by atoms with Gasteiger partial charge in [-0.15, -0.1) is 0 Å². The highest BCUT2D eigenvalue weighted by atomic mass is 19.4. The van der Waals surface area contributed by atoms with Gasteiger partial charge in [0.05, 0.1) is 11.6 Å². The van der Waals surface area contributed by atoms with Crippen molar-refractivity contribution in [1.82, 2.24) is 9.88 Å². The summed E-state index contributed by atoms with van der Waals surface area (Å²) in [5.74, 6) is -0.382. The summed E-state index contributed by atoms with van der Waals surface area (Å²) in [6, 6.07) is 3.18. The largest absolute Gasteiger partial charge is 0.508 e. The Morgan fingerprint density at radius 3 is 2.68 bits per heavy atom. The average Bonchev–Trinajstić information content (AvgIpc) is 2.65. The summed E-state index contributed by atoms with van der Waals surface area (Å²) in [5, 5.41) is 10.4. The topological polar surface area (TPSA) is 62.4 Å². The number of nitrogens with zero attached hydrogens (tertiary/aromatic N) is 2. The maximum absolute atomic E-state index is 13.0. The van der Waals surface area contributed by atoms with E-state index in [9.17, 15) is 18.3 Å². The molecule has 132 valence electrons. The van der Waals surface area contributed by atoms with Gasteiger partial charge in [0.15, 0.2) is 0 Å². The van der Waals surface area contributed by atoms with Crippen molar-refractivity contribution in [2.24, 2.45) is 5.73 Å². The molecule has 3 rings (SSSR count). The Morgan fingerprint density at radius 1 is 1.32 bits per heavy atom. The molecule has 4 nitrogen and oxygen atoms in total. The number of aromatic hydroxyl groups is 1. The van der Waals surface area contributed by atoms with E-state index in [1.165, 1.54) is 0 Å². The first-order valence-electron chi connectivity index (χ1n) is 7.71. The minimum absolute atomic E-state index is 0.368. The third-order valence-corrected chi connectivity index (χ3v) is 4.47. The molecular weight excluding hydrogens is 331 g/mol. The van der Waals surface area contributed by atoms with Gasteiger partial charge in [0.2, 0.25) is 0 Å². The molecule has 0 aliphatic carbocycles. The minimum Gasteiger partial charge on any atom is -0.508 e. The van der Waals surface area contributed by atoms with E-state index in [1.807, 2.05) is 18.0 Å². The molecule has 7 heteroatoms. The Labute approximate surface area is 143 Å². The molecule has 2 aromatic rings. The summed E-state index contributed by atoms with van der Waals surface area (Å²) < 4.78 is 39.0. The molecule has 1 aliphatic heterocycles. The number of nitrogens with two attached hydrogens (primary N) is 1. The first-order chi connectivity index (χ1) is 11.7. The van der Waals surface area contributed by atoms with Gasteiger partial charge in [-0.25, -0.2) is 0 Å². The van der Waals surface area contributed by atoms with Gasteiger partial charge in [-0.3, -0.25) is 9.88 Å². The molecule has 25 heavy (non-hydrogen) atoms. The number of benzene rings is 1. The lowest BCUT2D eigenvalue weighted by atomic mass is 9.90. The van der Waals surface area contributed by atoms with Gasteiger partial charge in [-0.1, -0.05) is 0 Å². The van der Waals surface area contributed by atoms with Gasteiger partial charge < -0.3 is 10.8 Å². The second kappa shape index (κ2) is 6.07. The van der Waals surface area contributed by atoms with E-state index in [4.69, 9.17) is 5.73 Å². The summed E-state index contributed by atoms with van der Waals surface area (Å²) in [5.41, 5.74) is 8.10. The zero-order valence-electron chi connectivity index (χ0n) is 13.8. The van der Waals surface area contributed by atoms with Crippen molar-refractivity contribution >= 4 is 5.70 Å². The van der Waals surface area contributed by atoms with Crippen molar-refractivity contribution < 1.29 is 18.3 Å². The average molecular weight is 349 g/mol. The lowest BCUT2D eigenvalue weighted by Crippen LogP contribution is -2.26. The fourth-order valence-electron chi connectivity index (χ4n) is 3.26. The number of hydrogen-bond acceptors (Lipinski definition) is 4. The summed E-state index contributed by atoms with van der Waals surface area (Å²) in [7, 11) is 1.83. The van der Waals surface area contributed by atoms with Crippen molar-refractivity contribution in [2.45, 2.75) is 19.1 Å². The van der Waals surface area contributed by atoms with Crippen LogP contribution in [0.25, 0.3) is 5.70 Å². The van der Waals surface area contributed by atoms with Crippen LogP contribution < -0.4 is 5.73 Å². The molecule has 2 heterocycles. The molecule has 0 radical (unpaired) electrons. The van der Waals surface area contributed by atoms with Crippen LogP contribution in [0.2, 0.25) is 0 Å². The Hall–Kier alpha value is -2.54. The molecule has 1 aromatic carbocycles. The second-order valence-corrected chi connectivity index (χ2v) is 6.19. The SMILES string of the molecule is Cc1cc(C(F)(F)F)cc(O)c1C1c2ccncc2C(N)=CCN1C. The minimum atomic E-state index is -4.51. The number of phenols is 1. The Bertz CT molecular complexity index is 823. The zero-order chi connectivity index (χ0) is 18.4. The highest BCUT2D eigenvalue weighted by molar-refractivity contribution is 5.68. The molecule has 1 unspecified atom stereocenters. The maximum atomic E-state index is 13.0. The predicted octanol–water partition coefficient (Wildman–Crippen LogP) is 3.45. The van der Waals surface area contributed by atoms with Gasteiger partial charge in [-0.2, -0.15) is 13.2 Å². The van der Waals surface area contributed by atoms with Gasteiger partial charge >= 0.3 is 6.18 Å². The molecule has 1 aromatic heterocycles. The molecule has 1 aliphatic rings. The molecule has 0 saturated heterocycles. The van der Waals surface area contributed by atoms with Crippen LogP contribution in [0.3, 0.4) is 0 Å². The number of halogens is 3. The van der Waals surface area contributed by atoms with Gasteiger partial charge in [0, 0.05) is 35.8 Å². The number of rotatable bonds is 1. The van der Waals surface area contributed by atoms with Crippen LogP contribution in [-0.2, 0) is 6.18 Å². The molecule has 0 fully saturated rings. The summed E-state index contributed by atoms with van der Waals surface area (Å²) in [4.78, 5) is 6.01. The van der Waals surface area contributed by atoms with Crippen LogP contribution in [0.1, 0.15) is 33.9 Å². The first kappa shape index (κ1) is 17.3. The van der Waals surface area contributed by atoms with Gasteiger partial charge in [0.25, 0.3) is 0 Å². The van der Waals surface area contributed by atoms with Crippen molar-refractivity contribution in [3.8, 4) is 5.75 Å². The number of pyridine rings is 1. The van der Waals surface area contributed by atoms with E-state index in [0.29, 0.717) is 23.4 Å². The van der Waals surface area contributed by atoms with Gasteiger partial charge in [-0.05, 0) is 49.4 Å². The van der Waals surface area contributed by atoms with Crippen molar-refractivity contribution in [2.75, 3.05) is 13.6 Å². The predicted molar refractivity (Wildman–Crippen MR) is 88.7 cm³/mol. The van der Waals surface area contributed by atoms with Crippen LogP contribution in [0.4, 0.5) is 13.2 Å². The molecule has 3 N–H and O–H groups in total. The van der Waals surface area contributed by atoms with Crippen molar-refractivity contribution in [3.05, 3.63) is 64.5 Å². The number of likely N-dealkylation sites (N-methyl/N-ethyl adjacent to an activating group) is 1. The van der Waals surface area contributed by atoms with E-state index in [2.05, 4.69) is 4.98 Å². The number of phenolic OH excluding ortho intramolecular Hbond substituents is 1. The van der Waals surface area contributed by atoms with Crippen LogP contribution in [0, 0.1) is 6.92 Å². The van der Waals surface area contributed by atoms with Crippen molar-refractivity contribution in [1.29, 1.82) is 0 Å². The molecule has 0 spiro atoms. The number of aryl methyl sites for hydroxylation is 1. The Kier molecular flexibility index (Phi) is 4.20. The lowest BCUT2D eigenvalue weighted by Gasteiger charge is -2.30. The van der Waals surface area contributed by atoms with E-state index in [-0.39, 0.29) is 5.75 Å². The van der Waals surface area contributed by atoms with Crippen molar-refractivity contribution in [3.63, 3.8) is 0 Å². The highest BCUT2D eigenvalue weighted by Gasteiger charge is 2.34. The van der Waals surface area contributed by atoms with E-state index in [1.54, 1.807) is 25.4 Å². The monoisotopic (exact) mass is 349 g/mol. The third kappa shape index (κ3) is 3.07. The summed E-state index contributed by atoms with van der Waals surface area (Å²) in [6.07, 6.45) is 0.555. The number of aromatic nitrogens is 1. The summed E-state index contributed by atoms with van der Waals surface area (Å²) >= 11 is 0. The maximum Gasteiger partial charge on any atom is 0.416 e. The first-order valence-corrected chi connectivity index (χ1v) is 7.71. The number of hydrogen-bond donors (Lipinski definition) is 2. The second-order valence-electron chi connectivity index (χ2n) is 6.19. The number of fused-ring (bicyclic) bond motifs is 1. The van der Waals surface area contributed by atoms with E-state index < -0.39 is 17.8 Å². The quantitative estimate of drug-likeness (QED) is 0.828. The smallest absolute Gasteiger partial charge is 0.416 e. The molecule has 0 amide bonds. The molecular formula is C18H18F3N3O. The van der Waals surface area contributed by atoms with Crippen LogP contribution >= 0.6 is 0 Å². The standard InChI is InChI=1S/C18H18F3N3O/c1-10-7-11(18(19,20)21)8-15(25)16(10)17-12-3-5-23-9-13(12)14(22)4-6-24(17)2/h3-5,7-9,17,25H,6,22H2,1-2H3. The molecule has 0 bridgehead atoms. The lowest BCUT2D eigenvalue weighted by molar-refractivity contribution is -0.137. The van der Waals surface area contributed by atoms with E-state index >= 15 is 0 Å². The van der Waals surface area contributed by atoms with Crippen LogP contribution in [-0.4, -0.2) is 28.6 Å². The van der Waals surface area contributed by atoms with Crippen LogP contribution in [0.5, 0.6) is 5.75 Å². The van der Waals surface area contributed by atoms with Gasteiger partial charge in [0.1, 0.15) is 5.75 Å². The summed E-state index contributed by atoms with van der Waals surface area (Å²) in [6.45, 7) is 2.06.